The molecular weight excluding hydrogens is 372 g/mol. The lowest BCUT2D eigenvalue weighted by molar-refractivity contribution is -0.157. The predicted octanol–water partition coefficient (Wildman–Crippen LogP) is 1.16. The van der Waals surface area contributed by atoms with Gasteiger partial charge in [0.15, 0.2) is 0 Å². The van der Waals surface area contributed by atoms with Gasteiger partial charge in [-0.1, -0.05) is 0 Å². The van der Waals surface area contributed by atoms with Crippen molar-refractivity contribution in [2.24, 2.45) is 17.3 Å². The van der Waals surface area contributed by atoms with E-state index in [1.807, 2.05) is 18.7 Å². The van der Waals surface area contributed by atoms with Gasteiger partial charge < -0.3 is 19.6 Å². The summed E-state index contributed by atoms with van der Waals surface area (Å²) in [5.74, 6) is 0.446. The fraction of sp³-hybridized carbons (Fsp3) is 0.714. The largest absolute Gasteiger partial charge is 0.466 e. The minimum absolute atomic E-state index is 0.0251. The van der Waals surface area contributed by atoms with Crippen molar-refractivity contribution >= 4 is 17.8 Å². The molecule has 3 fully saturated rings. The first kappa shape index (κ1) is 20.1. The highest BCUT2D eigenvalue weighted by atomic mass is 16.5. The van der Waals surface area contributed by atoms with Crippen LogP contribution in [0.2, 0.25) is 0 Å². The first-order valence-electron chi connectivity index (χ1n) is 10.6. The number of fused-ring (bicyclic) bond motifs is 1. The van der Waals surface area contributed by atoms with Crippen molar-refractivity contribution in [3.8, 4) is 0 Å². The number of aryl methyl sites for hydroxylation is 1. The summed E-state index contributed by atoms with van der Waals surface area (Å²) in [6.07, 6.45) is 5.76. The van der Waals surface area contributed by atoms with Crippen molar-refractivity contribution in [3.05, 3.63) is 18.0 Å². The molecule has 29 heavy (non-hydrogen) atoms. The van der Waals surface area contributed by atoms with E-state index < -0.39 is 5.41 Å². The first-order chi connectivity index (χ1) is 13.9. The van der Waals surface area contributed by atoms with Gasteiger partial charge in [0.1, 0.15) is 0 Å². The molecule has 0 spiro atoms. The molecule has 1 aromatic rings. The van der Waals surface area contributed by atoms with E-state index in [1.54, 1.807) is 12.4 Å². The van der Waals surface area contributed by atoms with Gasteiger partial charge in [-0.25, -0.2) is 9.97 Å². The number of likely N-dealkylation sites (tertiary alicyclic amines) is 1. The molecule has 3 aliphatic rings. The average Bonchev–Trinajstić information content (AvgIpc) is 2.94. The highest BCUT2D eigenvalue weighted by Gasteiger charge is 2.55. The van der Waals surface area contributed by atoms with Crippen molar-refractivity contribution in [2.75, 3.05) is 37.7 Å². The Morgan fingerprint density at radius 2 is 2.00 bits per heavy atom. The topological polar surface area (TPSA) is 95.9 Å². The van der Waals surface area contributed by atoms with Crippen LogP contribution in [0.4, 0.5) is 5.95 Å². The molecule has 158 valence electrons. The Morgan fingerprint density at radius 3 is 2.66 bits per heavy atom. The predicted molar refractivity (Wildman–Crippen MR) is 106 cm³/mol. The summed E-state index contributed by atoms with van der Waals surface area (Å²) in [5, 5.41) is 9.57. The molecule has 8 heteroatoms. The number of nitrogens with zero attached hydrogens (tertiary/aromatic N) is 4. The zero-order valence-electron chi connectivity index (χ0n) is 17.2. The van der Waals surface area contributed by atoms with Crippen LogP contribution in [0, 0.1) is 24.2 Å². The number of anilines is 1. The third-order valence-electron chi connectivity index (χ3n) is 6.69. The summed E-state index contributed by atoms with van der Waals surface area (Å²) in [5.41, 5.74) is 0.347. The van der Waals surface area contributed by atoms with Gasteiger partial charge in [0.2, 0.25) is 11.9 Å². The molecule has 0 unspecified atom stereocenters. The van der Waals surface area contributed by atoms with Crippen molar-refractivity contribution in [1.29, 1.82) is 0 Å². The van der Waals surface area contributed by atoms with Gasteiger partial charge in [-0.05, 0) is 45.1 Å². The molecule has 1 aliphatic carbocycles. The van der Waals surface area contributed by atoms with Crippen molar-refractivity contribution in [1.82, 2.24) is 14.9 Å². The lowest BCUT2D eigenvalue weighted by atomic mass is 9.75. The molecule has 1 amide bonds. The number of hydrogen-bond donors (Lipinski definition) is 1. The Bertz CT molecular complexity index is 764. The standard InChI is InChI=1S/C21H30N4O4/c1-3-29-19(28)21-5-4-6-24(18(27)15-7-17(26)8-15)11-16(21)12-25(13-21)20-22-9-14(2)10-23-20/h9-10,15-17,26H,3-8,11-13H2,1-2H3/t15?,16-,17?,21-/m0/s1. The van der Waals surface area contributed by atoms with E-state index >= 15 is 0 Å². The van der Waals surface area contributed by atoms with E-state index in [-0.39, 0.29) is 29.8 Å². The SMILES string of the molecule is CCOC(=O)[C@]12CCCN(C(=O)C3CC(O)C3)C[C@H]1CN(c1ncc(C)cn1)C2. The van der Waals surface area contributed by atoms with Crippen LogP contribution in [0.3, 0.4) is 0 Å². The summed E-state index contributed by atoms with van der Waals surface area (Å²) < 4.78 is 5.49. The number of amides is 1. The third-order valence-corrected chi connectivity index (χ3v) is 6.69. The van der Waals surface area contributed by atoms with Crippen LogP contribution in [-0.4, -0.2) is 70.7 Å². The molecule has 0 aromatic carbocycles. The molecular formula is C21H30N4O4. The number of aliphatic hydroxyl groups excluding tert-OH is 1. The third kappa shape index (κ3) is 3.70. The summed E-state index contributed by atoms with van der Waals surface area (Å²) in [6, 6.07) is 0. The number of aliphatic hydroxyl groups is 1. The summed E-state index contributed by atoms with van der Waals surface area (Å²) in [7, 11) is 0. The van der Waals surface area contributed by atoms with Gasteiger partial charge in [0.25, 0.3) is 0 Å². The molecule has 4 rings (SSSR count). The number of carbonyl (C=O) groups is 2. The number of rotatable bonds is 4. The second-order valence-electron chi connectivity index (χ2n) is 8.72. The molecule has 2 saturated heterocycles. The van der Waals surface area contributed by atoms with Crippen LogP contribution in [0.1, 0.15) is 38.2 Å². The average molecular weight is 402 g/mol. The first-order valence-corrected chi connectivity index (χ1v) is 10.6. The van der Waals surface area contributed by atoms with Crippen molar-refractivity contribution in [3.63, 3.8) is 0 Å². The molecule has 2 atom stereocenters. The van der Waals surface area contributed by atoms with E-state index in [0.29, 0.717) is 58.0 Å². The molecule has 0 bridgehead atoms. The highest BCUT2D eigenvalue weighted by Crippen LogP contribution is 2.45. The number of carbonyl (C=O) groups excluding carboxylic acids is 2. The summed E-state index contributed by atoms with van der Waals surface area (Å²) in [4.78, 5) is 38.8. The molecule has 0 radical (unpaired) electrons. The van der Waals surface area contributed by atoms with Gasteiger partial charge >= 0.3 is 5.97 Å². The smallest absolute Gasteiger partial charge is 0.314 e. The maximum Gasteiger partial charge on any atom is 0.314 e. The molecule has 3 heterocycles. The lowest BCUT2D eigenvalue weighted by Crippen LogP contribution is -2.47. The van der Waals surface area contributed by atoms with E-state index in [1.165, 1.54) is 0 Å². The van der Waals surface area contributed by atoms with Gasteiger partial charge in [-0.2, -0.15) is 0 Å². The highest BCUT2D eigenvalue weighted by molar-refractivity contribution is 5.82. The molecule has 1 aromatic heterocycles. The molecule has 1 N–H and O–H groups in total. The van der Waals surface area contributed by atoms with Crippen LogP contribution >= 0.6 is 0 Å². The number of esters is 1. The van der Waals surface area contributed by atoms with Gasteiger partial charge in [-0.15, -0.1) is 0 Å². The number of aromatic nitrogens is 2. The van der Waals surface area contributed by atoms with Crippen LogP contribution in [0.15, 0.2) is 12.4 Å². The monoisotopic (exact) mass is 402 g/mol. The Balaban J connectivity index is 1.57. The van der Waals surface area contributed by atoms with Crippen LogP contribution < -0.4 is 4.90 Å². The quantitative estimate of drug-likeness (QED) is 0.755. The Labute approximate surface area is 171 Å². The molecule has 2 aliphatic heterocycles. The fourth-order valence-electron chi connectivity index (χ4n) is 4.99. The summed E-state index contributed by atoms with van der Waals surface area (Å²) >= 11 is 0. The fourth-order valence-corrected chi connectivity index (χ4v) is 4.99. The zero-order valence-corrected chi connectivity index (χ0v) is 17.2. The number of ether oxygens (including phenoxy) is 1. The van der Waals surface area contributed by atoms with Crippen molar-refractivity contribution in [2.45, 2.75) is 45.6 Å². The van der Waals surface area contributed by atoms with Gasteiger partial charge in [-0.3, -0.25) is 9.59 Å². The van der Waals surface area contributed by atoms with E-state index in [4.69, 9.17) is 4.74 Å². The van der Waals surface area contributed by atoms with E-state index in [2.05, 4.69) is 14.9 Å². The minimum Gasteiger partial charge on any atom is -0.466 e. The van der Waals surface area contributed by atoms with Crippen LogP contribution in [-0.2, 0) is 14.3 Å². The molecule has 1 saturated carbocycles. The Kier molecular flexibility index (Phi) is 5.46. The zero-order chi connectivity index (χ0) is 20.6. The van der Waals surface area contributed by atoms with Crippen molar-refractivity contribution < 1.29 is 19.4 Å². The molecule has 8 nitrogen and oxygen atoms in total. The maximum absolute atomic E-state index is 13.1. The second-order valence-corrected chi connectivity index (χ2v) is 8.72. The summed E-state index contributed by atoms with van der Waals surface area (Å²) in [6.45, 7) is 6.45. The minimum atomic E-state index is -0.640. The Hall–Kier alpha value is -2.22. The van der Waals surface area contributed by atoms with Crippen LogP contribution in [0.5, 0.6) is 0 Å². The van der Waals surface area contributed by atoms with Crippen LogP contribution in [0.25, 0.3) is 0 Å². The normalized spacial score (nSPS) is 31.6. The second kappa shape index (κ2) is 7.89. The number of hydrogen-bond acceptors (Lipinski definition) is 7. The maximum atomic E-state index is 13.1. The van der Waals surface area contributed by atoms with Gasteiger partial charge in [0, 0.05) is 50.4 Å². The van der Waals surface area contributed by atoms with Gasteiger partial charge in [0.05, 0.1) is 18.1 Å². The Morgan fingerprint density at radius 1 is 1.28 bits per heavy atom. The van der Waals surface area contributed by atoms with E-state index in [9.17, 15) is 14.7 Å². The lowest BCUT2D eigenvalue weighted by Gasteiger charge is -2.36. The van der Waals surface area contributed by atoms with E-state index in [0.717, 1.165) is 12.0 Å².